The second-order valence-electron chi connectivity index (χ2n) is 4.74. The molecule has 0 radical (unpaired) electrons. The van der Waals surface area contributed by atoms with Crippen LogP contribution in [0.15, 0.2) is 41.3 Å². The van der Waals surface area contributed by atoms with Crippen LogP contribution in [0.3, 0.4) is 0 Å². The van der Waals surface area contributed by atoms with Crippen molar-refractivity contribution in [2.45, 2.75) is 18.2 Å². The van der Waals surface area contributed by atoms with Gasteiger partial charge in [-0.3, -0.25) is 0 Å². The van der Waals surface area contributed by atoms with Gasteiger partial charge >= 0.3 is 0 Å². The molecule has 4 nitrogen and oxygen atoms in total. The Morgan fingerprint density at radius 2 is 1.70 bits per heavy atom. The van der Waals surface area contributed by atoms with E-state index in [0.29, 0.717) is 16.9 Å². The fourth-order valence-electron chi connectivity index (χ4n) is 2.00. The van der Waals surface area contributed by atoms with Crippen LogP contribution < -0.4 is 4.74 Å². The molecule has 0 saturated carbocycles. The molecule has 0 N–H and O–H groups in total. The summed E-state index contributed by atoms with van der Waals surface area (Å²) in [5, 5.41) is 1.51. The normalized spacial score (nSPS) is 12.0. The van der Waals surface area contributed by atoms with Crippen molar-refractivity contribution in [2.75, 3.05) is 20.7 Å². The number of hydrogen-bond acceptors (Lipinski definition) is 3. The number of rotatable bonds is 5. The quantitative estimate of drug-likeness (QED) is 0.851. The van der Waals surface area contributed by atoms with E-state index in [9.17, 15) is 8.42 Å². The molecule has 0 saturated heterocycles. The predicted octanol–water partition coefficient (Wildman–Crippen LogP) is 2.88. The molecular formula is C15H19NO3S. The summed E-state index contributed by atoms with van der Waals surface area (Å²) in [6.45, 7) is 2.65. The van der Waals surface area contributed by atoms with E-state index in [1.165, 1.54) is 18.4 Å². The van der Waals surface area contributed by atoms with E-state index >= 15 is 0 Å². The van der Waals surface area contributed by atoms with Crippen molar-refractivity contribution in [2.24, 2.45) is 0 Å². The van der Waals surface area contributed by atoms with E-state index in [1.807, 2.05) is 31.2 Å². The molecule has 0 amide bonds. The Kier molecular flexibility index (Phi) is 4.30. The molecular weight excluding hydrogens is 274 g/mol. The van der Waals surface area contributed by atoms with Crippen molar-refractivity contribution in [3.63, 3.8) is 0 Å². The van der Waals surface area contributed by atoms with Crippen LogP contribution in [0.25, 0.3) is 10.8 Å². The van der Waals surface area contributed by atoms with Gasteiger partial charge < -0.3 is 4.74 Å². The van der Waals surface area contributed by atoms with Crippen LogP contribution in [0, 0.1) is 0 Å². The van der Waals surface area contributed by atoms with Gasteiger partial charge in [-0.25, -0.2) is 12.7 Å². The summed E-state index contributed by atoms with van der Waals surface area (Å²) in [4.78, 5) is 0.307. The molecule has 0 aliphatic carbocycles. The van der Waals surface area contributed by atoms with Gasteiger partial charge in [-0.1, -0.05) is 31.2 Å². The van der Waals surface area contributed by atoms with Gasteiger partial charge in [0.05, 0.1) is 11.5 Å². The Bertz CT molecular complexity index is 708. The maximum absolute atomic E-state index is 12.4. The highest BCUT2D eigenvalue weighted by atomic mass is 32.2. The highest BCUT2D eigenvalue weighted by Gasteiger charge is 2.21. The van der Waals surface area contributed by atoms with Crippen molar-refractivity contribution in [3.8, 4) is 5.75 Å². The van der Waals surface area contributed by atoms with Gasteiger partial charge in [-0.05, 0) is 18.6 Å². The van der Waals surface area contributed by atoms with E-state index in [0.717, 1.165) is 17.6 Å². The molecule has 0 spiro atoms. The fourth-order valence-corrected chi connectivity index (χ4v) is 3.09. The number of ether oxygens (including phenoxy) is 1. The summed E-state index contributed by atoms with van der Waals surface area (Å²) < 4.78 is 31.6. The number of sulfonamides is 1. The first-order valence-corrected chi connectivity index (χ1v) is 7.99. The van der Waals surface area contributed by atoms with Crippen LogP contribution in [0.5, 0.6) is 5.75 Å². The predicted molar refractivity (Wildman–Crippen MR) is 80.6 cm³/mol. The zero-order valence-corrected chi connectivity index (χ0v) is 12.8. The van der Waals surface area contributed by atoms with E-state index in [1.54, 1.807) is 12.1 Å². The van der Waals surface area contributed by atoms with Gasteiger partial charge in [0.25, 0.3) is 0 Å². The third-order valence-corrected chi connectivity index (χ3v) is 4.94. The van der Waals surface area contributed by atoms with Gasteiger partial charge in [0.2, 0.25) is 10.0 Å². The average molecular weight is 293 g/mol. The average Bonchev–Trinajstić information content (AvgIpc) is 2.44. The molecule has 2 aromatic rings. The molecule has 0 unspecified atom stereocenters. The Balaban J connectivity index is 2.66. The van der Waals surface area contributed by atoms with Crippen LogP contribution in [-0.2, 0) is 10.0 Å². The van der Waals surface area contributed by atoms with Crippen LogP contribution in [0.1, 0.15) is 13.3 Å². The van der Waals surface area contributed by atoms with Crippen LogP contribution in [0.2, 0.25) is 0 Å². The molecule has 20 heavy (non-hydrogen) atoms. The maximum Gasteiger partial charge on any atom is 0.243 e. The van der Waals surface area contributed by atoms with Gasteiger partial charge in [0.1, 0.15) is 5.75 Å². The molecule has 5 heteroatoms. The second-order valence-corrected chi connectivity index (χ2v) is 6.86. The van der Waals surface area contributed by atoms with Crippen molar-refractivity contribution in [1.29, 1.82) is 0 Å². The SMILES string of the molecule is CCCOc1ccc(S(=O)(=O)N(C)C)c2ccccc12. The van der Waals surface area contributed by atoms with Crippen molar-refractivity contribution >= 4 is 20.8 Å². The van der Waals surface area contributed by atoms with Gasteiger partial charge in [-0.2, -0.15) is 0 Å². The van der Waals surface area contributed by atoms with Gasteiger partial charge in [0, 0.05) is 24.9 Å². The monoisotopic (exact) mass is 293 g/mol. The zero-order valence-electron chi connectivity index (χ0n) is 12.0. The molecule has 2 rings (SSSR count). The Hall–Kier alpha value is -1.59. The number of fused-ring (bicyclic) bond motifs is 1. The lowest BCUT2D eigenvalue weighted by Gasteiger charge is -2.15. The van der Waals surface area contributed by atoms with Crippen molar-refractivity contribution < 1.29 is 13.2 Å². The minimum absolute atomic E-state index is 0.307. The molecule has 108 valence electrons. The second kappa shape index (κ2) is 5.81. The first-order chi connectivity index (χ1) is 9.48. The summed E-state index contributed by atoms with van der Waals surface area (Å²) in [7, 11) is -0.396. The number of benzene rings is 2. The zero-order chi connectivity index (χ0) is 14.8. The molecule has 0 aromatic heterocycles. The number of nitrogens with zero attached hydrogens (tertiary/aromatic N) is 1. The Morgan fingerprint density at radius 1 is 1.05 bits per heavy atom. The summed E-state index contributed by atoms with van der Waals surface area (Å²) >= 11 is 0. The van der Waals surface area contributed by atoms with E-state index in [4.69, 9.17) is 4.74 Å². The van der Waals surface area contributed by atoms with Gasteiger partial charge in [-0.15, -0.1) is 0 Å². The first kappa shape index (κ1) is 14.8. The van der Waals surface area contributed by atoms with Crippen molar-refractivity contribution in [3.05, 3.63) is 36.4 Å². The minimum Gasteiger partial charge on any atom is -0.493 e. The lowest BCUT2D eigenvalue weighted by Crippen LogP contribution is -2.22. The lowest BCUT2D eigenvalue weighted by atomic mass is 10.1. The van der Waals surface area contributed by atoms with E-state index in [2.05, 4.69) is 0 Å². The molecule has 0 atom stereocenters. The van der Waals surface area contributed by atoms with E-state index < -0.39 is 10.0 Å². The third-order valence-electron chi connectivity index (χ3n) is 3.06. The number of hydrogen-bond donors (Lipinski definition) is 0. The highest BCUT2D eigenvalue weighted by molar-refractivity contribution is 7.89. The summed E-state index contributed by atoms with van der Waals surface area (Å²) in [6, 6.07) is 10.8. The standard InChI is InChI=1S/C15H19NO3S/c1-4-11-19-14-9-10-15(20(17,18)16(2)3)13-8-6-5-7-12(13)14/h5-10H,4,11H2,1-3H3. The highest BCUT2D eigenvalue weighted by Crippen LogP contribution is 2.32. The topological polar surface area (TPSA) is 46.6 Å². The smallest absolute Gasteiger partial charge is 0.243 e. The minimum atomic E-state index is -3.46. The molecule has 0 bridgehead atoms. The molecule has 2 aromatic carbocycles. The Labute approximate surface area is 120 Å². The van der Waals surface area contributed by atoms with Crippen molar-refractivity contribution in [1.82, 2.24) is 4.31 Å². The molecule has 0 aliphatic rings. The lowest BCUT2D eigenvalue weighted by molar-refractivity contribution is 0.321. The molecule has 0 fully saturated rings. The first-order valence-electron chi connectivity index (χ1n) is 6.55. The fraction of sp³-hybridized carbons (Fsp3) is 0.333. The summed E-state index contributed by atoms with van der Waals surface area (Å²) in [5.74, 6) is 0.722. The van der Waals surface area contributed by atoms with Crippen LogP contribution >= 0.6 is 0 Å². The van der Waals surface area contributed by atoms with Crippen LogP contribution in [-0.4, -0.2) is 33.4 Å². The maximum atomic E-state index is 12.4. The Morgan fingerprint density at radius 3 is 2.30 bits per heavy atom. The summed E-state index contributed by atoms with van der Waals surface area (Å²) in [5.41, 5.74) is 0. The van der Waals surface area contributed by atoms with Gasteiger partial charge in [0.15, 0.2) is 0 Å². The van der Waals surface area contributed by atoms with Crippen LogP contribution in [0.4, 0.5) is 0 Å². The summed E-state index contributed by atoms with van der Waals surface area (Å²) in [6.07, 6.45) is 0.909. The molecule has 0 aliphatic heterocycles. The molecule has 0 heterocycles. The largest absolute Gasteiger partial charge is 0.493 e. The van der Waals surface area contributed by atoms with E-state index in [-0.39, 0.29) is 0 Å². The third kappa shape index (κ3) is 2.64.